The van der Waals surface area contributed by atoms with E-state index < -0.39 is 18.0 Å². The number of carbonyl (C=O) groups excluding carboxylic acids is 4. The highest BCUT2D eigenvalue weighted by Crippen LogP contribution is 2.44. The first-order chi connectivity index (χ1) is 14.3. The zero-order valence-electron chi connectivity index (χ0n) is 17.3. The van der Waals surface area contributed by atoms with Gasteiger partial charge in [0.1, 0.15) is 6.04 Å². The molecular formula is C22H27N3O5. The Balaban J connectivity index is 1.30. The highest BCUT2D eigenvalue weighted by molar-refractivity contribution is 6.05. The van der Waals surface area contributed by atoms with Gasteiger partial charge in [-0.3, -0.25) is 19.7 Å². The number of nitrogens with one attached hydrogen (secondary N) is 2. The summed E-state index contributed by atoms with van der Waals surface area (Å²) in [7, 11) is 0. The van der Waals surface area contributed by atoms with Crippen LogP contribution in [0.15, 0.2) is 18.2 Å². The molecule has 8 heteroatoms. The molecule has 0 aromatic heterocycles. The molecule has 3 atom stereocenters. The summed E-state index contributed by atoms with van der Waals surface area (Å²) >= 11 is 0. The maximum atomic E-state index is 12.8. The molecule has 30 heavy (non-hydrogen) atoms. The molecule has 0 spiro atoms. The predicted molar refractivity (Wildman–Crippen MR) is 107 cm³/mol. The van der Waals surface area contributed by atoms with Crippen molar-refractivity contribution in [1.29, 1.82) is 0 Å². The summed E-state index contributed by atoms with van der Waals surface area (Å²) in [4.78, 5) is 49.8. The molecule has 1 aromatic carbocycles. The van der Waals surface area contributed by atoms with Crippen molar-refractivity contribution in [3.8, 4) is 0 Å². The van der Waals surface area contributed by atoms with Crippen molar-refractivity contribution in [2.75, 3.05) is 6.61 Å². The van der Waals surface area contributed by atoms with Gasteiger partial charge in [0, 0.05) is 25.1 Å². The first-order valence-corrected chi connectivity index (χ1v) is 10.5. The number of imide groups is 1. The van der Waals surface area contributed by atoms with E-state index in [4.69, 9.17) is 4.74 Å². The number of carbonyl (C=O) groups is 4. The molecule has 2 N–H and O–H groups in total. The number of fused-ring (bicyclic) bond motifs is 1. The minimum atomic E-state index is -0.628. The first-order valence-electron chi connectivity index (χ1n) is 10.5. The minimum absolute atomic E-state index is 0.225. The number of ether oxygens (including phenoxy) is 1. The lowest BCUT2D eigenvalue weighted by atomic mass is 10.0. The van der Waals surface area contributed by atoms with Gasteiger partial charge in [-0.15, -0.1) is 0 Å². The van der Waals surface area contributed by atoms with Crippen LogP contribution in [0.25, 0.3) is 0 Å². The largest absolute Gasteiger partial charge is 0.449 e. The van der Waals surface area contributed by atoms with Gasteiger partial charge < -0.3 is 15.0 Å². The molecule has 2 aliphatic heterocycles. The molecule has 1 unspecified atom stereocenters. The van der Waals surface area contributed by atoms with Gasteiger partial charge >= 0.3 is 6.09 Å². The molecule has 2 fully saturated rings. The number of nitrogens with zero attached hydrogens (tertiary/aromatic N) is 1. The summed E-state index contributed by atoms with van der Waals surface area (Å²) in [5, 5.41) is 5.03. The van der Waals surface area contributed by atoms with Crippen LogP contribution in [0.1, 0.15) is 54.6 Å². The highest BCUT2D eigenvalue weighted by atomic mass is 16.5. The smallest absolute Gasteiger partial charge is 0.407 e. The fraction of sp³-hybridized carbons (Fsp3) is 0.545. The maximum Gasteiger partial charge on any atom is 0.407 e. The van der Waals surface area contributed by atoms with Gasteiger partial charge in [0.2, 0.25) is 11.8 Å². The average molecular weight is 413 g/mol. The van der Waals surface area contributed by atoms with Crippen LogP contribution >= 0.6 is 0 Å². The van der Waals surface area contributed by atoms with Gasteiger partial charge in [-0.05, 0) is 47.8 Å². The Bertz CT molecular complexity index is 897. The van der Waals surface area contributed by atoms with Crippen molar-refractivity contribution in [1.82, 2.24) is 15.5 Å². The van der Waals surface area contributed by atoms with Gasteiger partial charge in [-0.2, -0.15) is 0 Å². The van der Waals surface area contributed by atoms with Crippen molar-refractivity contribution in [2.24, 2.45) is 17.8 Å². The third-order valence-corrected chi connectivity index (χ3v) is 6.29. The van der Waals surface area contributed by atoms with Crippen LogP contribution in [0.3, 0.4) is 0 Å². The van der Waals surface area contributed by atoms with E-state index in [1.807, 2.05) is 12.1 Å². The lowest BCUT2D eigenvalue weighted by Gasteiger charge is -2.29. The van der Waals surface area contributed by atoms with E-state index in [1.165, 1.54) is 4.90 Å². The third kappa shape index (κ3) is 4.17. The standard InChI is InChI=1S/C22H27N3O5/c1-12(2)16-8-15(16)11-30-22(29)23-9-13-3-4-14-10-25(21(28)17(14)7-13)18-5-6-19(26)24-20(18)27/h3-4,7,12,15-16,18H,5-6,8-11H2,1-2H3,(H,23,29)(H,24,26,27)/t15-,16-,18?/m0/s1. The molecule has 160 valence electrons. The Kier molecular flexibility index (Phi) is 5.49. The van der Waals surface area contributed by atoms with Gasteiger partial charge in [0.25, 0.3) is 5.91 Å². The summed E-state index contributed by atoms with van der Waals surface area (Å²) in [6.07, 6.45) is 1.22. The van der Waals surface area contributed by atoms with Crippen molar-refractivity contribution < 1.29 is 23.9 Å². The Morgan fingerprint density at radius 1 is 1.30 bits per heavy atom. The maximum absolute atomic E-state index is 12.8. The second-order valence-electron chi connectivity index (χ2n) is 8.75. The molecular weight excluding hydrogens is 386 g/mol. The van der Waals surface area contributed by atoms with Crippen LogP contribution in [0.4, 0.5) is 4.79 Å². The summed E-state index contributed by atoms with van der Waals surface area (Å²) in [5.41, 5.74) is 2.16. The Hall–Kier alpha value is -2.90. The number of alkyl carbamates (subject to hydrolysis) is 1. The van der Waals surface area contributed by atoms with Gasteiger partial charge in [-0.1, -0.05) is 26.0 Å². The van der Waals surface area contributed by atoms with E-state index >= 15 is 0 Å². The van der Waals surface area contributed by atoms with E-state index in [-0.39, 0.29) is 24.8 Å². The van der Waals surface area contributed by atoms with Crippen LogP contribution in [-0.4, -0.2) is 41.4 Å². The Morgan fingerprint density at radius 3 is 2.80 bits per heavy atom. The molecule has 1 saturated heterocycles. The number of rotatable bonds is 6. The number of hydrogen-bond donors (Lipinski definition) is 2. The highest BCUT2D eigenvalue weighted by Gasteiger charge is 2.40. The van der Waals surface area contributed by atoms with E-state index in [0.29, 0.717) is 42.9 Å². The number of hydrogen-bond acceptors (Lipinski definition) is 5. The lowest BCUT2D eigenvalue weighted by molar-refractivity contribution is -0.136. The molecule has 8 nitrogen and oxygen atoms in total. The Labute approximate surface area is 175 Å². The normalized spacial score (nSPS) is 25.2. The molecule has 0 bridgehead atoms. The second kappa shape index (κ2) is 8.08. The van der Waals surface area contributed by atoms with Crippen molar-refractivity contribution in [2.45, 2.75) is 52.2 Å². The minimum Gasteiger partial charge on any atom is -0.449 e. The van der Waals surface area contributed by atoms with Crippen LogP contribution in [0.5, 0.6) is 0 Å². The lowest BCUT2D eigenvalue weighted by Crippen LogP contribution is -2.52. The van der Waals surface area contributed by atoms with Gasteiger partial charge in [-0.25, -0.2) is 4.79 Å². The van der Waals surface area contributed by atoms with Crippen LogP contribution in [-0.2, 0) is 27.4 Å². The van der Waals surface area contributed by atoms with Crippen LogP contribution in [0.2, 0.25) is 0 Å². The van der Waals surface area contributed by atoms with E-state index in [1.54, 1.807) is 6.07 Å². The van der Waals surface area contributed by atoms with Crippen molar-refractivity contribution >= 4 is 23.8 Å². The predicted octanol–water partition coefficient (Wildman–Crippen LogP) is 1.97. The summed E-state index contributed by atoms with van der Waals surface area (Å²) in [6, 6.07) is 4.82. The Morgan fingerprint density at radius 2 is 2.10 bits per heavy atom. The van der Waals surface area contributed by atoms with Crippen LogP contribution in [0, 0.1) is 17.8 Å². The molecule has 1 aliphatic carbocycles. The molecule has 1 saturated carbocycles. The molecule has 0 radical (unpaired) electrons. The number of piperidine rings is 1. The third-order valence-electron chi connectivity index (χ3n) is 6.29. The SMILES string of the molecule is CC(C)[C@@H]1C[C@H]1COC(=O)NCc1ccc2c(c1)C(=O)N(C1CCC(=O)NC1=O)C2. The zero-order valence-corrected chi connectivity index (χ0v) is 17.3. The summed E-state index contributed by atoms with van der Waals surface area (Å²) in [6.45, 7) is 5.41. The molecule has 4 amide bonds. The number of amides is 4. The molecule has 1 aromatic rings. The molecule has 3 aliphatic rings. The summed E-state index contributed by atoms with van der Waals surface area (Å²) < 4.78 is 5.30. The monoisotopic (exact) mass is 413 g/mol. The topological polar surface area (TPSA) is 105 Å². The average Bonchev–Trinajstić information content (AvgIpc) is 3.43. The van der Waals surface area contributed by atoms with Gasteiger partial charge in [0.15, 0.2) is 0 Å². The fourth-order valence-electron chi connectivity index (χ4n) is 4.40. The second-order valence-corrected chi connectivity index (χ2v) is 8.75. The zero-order chi connectivity index (χ0) is 21.4. The van der Waals surface area contributed by atoms with Gasteiger partial charge in [0.05, 0.1) is 6.61 Å². The van der Waals surface area contributed by atoms with Crippen molar-refractivity contribution in [3.63, 3.8) is 0 Å². The van der Waals surface area contributed by atoms with Crippen LogP contribution < -0.4 is 10.6 Å². The van der Waals surface area contributed by atoms with Crippen molar-refractivity contribution in [3.05, 3.63) is 34.9 Å². The molecule has 4 rings (SSSR count). The summed E-state index contributed by atoms with van der Waals surface area (Å²) in [5.74, 6) is 0.775. The quantitative estimate of drug-likeness (QED) is 0.694. The van der Waals surface area contributed by atoms with E-state index in [0.717, 1.165) is 17.5 Å². The van der Waals surface area contributed by atoms with E-state index in [2.05, 4.69) is 24.5 Å². The number of benzene rings is 1. The fourth-order valence-corrected chi connectivity index (χ4v) is 4.40. The van der Waals surface area contributed by atoms with E-state index in [9.17, 15) is 19.2 Å². The molecule has 2 heterocycles. The first kappa shape index (κ1) is 20.4.